The molecule has 3 heteroatoms. The van der Waals surface area contributed by atoms with Crippen LogP contribution in [0.2, 0.25) is 0 Å². The molecule has 0 aromatic rings. The molecule has 0 rings (SSSR count). The molecule has 0 saturated carbocycles. The Hall–Kier alpha value is 1.56. The van der Waals surface area contributed by atoms with Gasteiger partial charge in [0.25, 0.3) is 0 Å². The van der Waals surface area contributed by atoms with Crippen LogP contribution in [-0.2, 0) is 0 Å². The zero-order valence-corrected chi connectivity index (χ0v) is 12.2. The SMILES string of the molecule is CCCNCCCCN.[CH2-]C.[K+]. The Morgan fingerprint density at radius 1 is 1.17 bits per heavy atom. The molecule has 0 aliphatic carbocycles. The van der Waals surface area contributed by atoms with Crippen molar-refractivity contribution in [2.75, 3.05) is 19.6 Å². The number of nitrogens with two attached hydrogens (primary N) is 1. The Balaban J connectivity index is -0.000000249. The predicted molar refractivity (Wildman–Crippen MR) is 52.5 cm³/mol. The van der Waals surface area contributed by atoms with Gasteiger partial charge in [-0.1, -0.05) is 6.92 Å². The second kappa shape index (κ2) is 22.9. The fourth-order valence-electron chi connectivity index (χ4n) is 0.696. The maximum Gasteiger partial charge on any atom is 1.00 e. The van der Waals surface area contributed by atoms with Crippen molar-refractivity contribution < 1.29 is 51.4 Å². The van der Waals surface area contributed by atoms with E-state index >= 15 is 0 Å². The van der Waals surface area contributed by atoms with E-state index < -0.39 is 0 Å². The number of unbranched alkanes of at least 4 members (excludes halogenated alkanes) is 1. The van der Waals surface area contributed by atoms with Crippen molar-refractivity contribution in [1.29, 1.82) is 0 Å². The molecule has 0 aromatic heterocycles. The van der Waals surface area contributed by atoms with Crippen LogP contribution in [0.15, 0.2) is 0 Å². The van der Waals surface area contributed by atoms with Crippen LogP contribution in [0.3, 0.4) is 0 Å². The van der Waals surface area contributed by atoms with Crippen LogP contribution in [0.1, 0.15) is 33.1 Å². The van der Waals surface area contributed by atoms with Gasteiger partial charge in [-0.15, -0.1) is 0 Å². The van der Waals surface area contributed by atoms with E-state index in [1.165, 1.54) is 12.8 Å². The fourth-order valence-corrected chi connectivity index (χ4v) is 0.696. The number of rotatable bonds is 6. The van der Waals surface area contributed by atoms with E-state index in [1.807, 2.05) is 0 Å². The number of hydrogen-bond acceptors (Lipinski definition) is 2. The first-order valence-corrected chi connectivity index (χ1v) is 4.53. The maximum atomic E-state index is 5.32. The van der Waals surface area contributed by atoms with Crippen LogP contribution in [0.25, 0.3) is 0 Å². The topological polar surface area (TPSA) is 38.0 Å². The van der Waals surface area contributed by atoms with Crippen molar-refractivity contribution in [1.82, 2.24) is 5.32 Å². The first-order chi connectivity index (χ1) is 5.41. The molecule has 0 aliphatic heterocycles. The standard InChI is InChI=1S/C7H18N2.C2H5.K/c1-2-6-9-7-4-3-5-8;1-2;/h9H,2-8H2,1H3;1H2,2H3;/q;-1;+1. The molecule has 0 aliphatic rings. The molecule has 0 atom stereocenters. The zero-order valence-electron chi connectivity index (χ0n) is 9.03. The minimum atomic E-state index is 0. The molecule has 0 spiro atoms. The molecular weight excluding hydrogens is 175 g/mol. The van der Waals surface area contributed by atoms with Gasteiger partial charge in [0.2, 0.25) is 0 Å². The van der Waals surface area contributed by atoms with E-state index in [4.69, 9.17) is 5.73 Å². The van der Waals surface area contributed by atoms with Crippen molar-refractivity contribution in [3.8, 4) is 0 Å². The molecule has 0 bridgehead atoms. The molecule has 0 amide bonds. The molecule has 0 fully saturated rings. The Bertz CT molecular complexity index is 45.8. The van der Waals surface area contributed by atoms with E-state index in [2.05, 4.69) is 19.2 Å². The second-order valence-electron chi connectivity index (χ2n) is 2.25. The summed E-state index contributed by atoms with van der Waals surface area (Å²) in [5.41, 5.74) is 5.32. The Labute approximate surface area is 120 Å². The summed E-state index contributed by atoms with van der Waals surface area (Å²) in [6.07, 6.45) is 3.59. The maximum absolute atomic E-state index is 5.32. The summed E-state index contributed by atoms with van der Waals surface area (Å²) in [4.78, 5) is 0. The summed E-state index contributed by atoms with van der Waals surface area (Å²) >= 11 is 0. The average molecular weight is 198 g/mol. The molecular formula is C9H23KN2. The van der Waals surface area contributed by atoms with Gasteiger partial charge in [0.15, 0.2) is 0 Å². The monoisotopic (exact) mass is 198 g/mol. The molecule has 0 unspecified atom stereocenters. The third-order valence-corrected chi connectivity index (χ3v) is 1.23. The van der Waals surface area contributed by atoms with Crippen LogP contribution >= 0.6 is 0 Å². The Morgan fingerprint density at radius 3 is 2.17 bits per heavy atom. The van der Waals surface area contributed by atoms with Crippen molar-refractivity contribution >= 4 is 0 Å². The summed E-state index contributed by atoms with van der Waals surface area (Å²) < 4.78 is 0. The third-order valence-electron chi connectivity index (χ3n) is 1.23. The van der Waals surface area contributed by atoms with Crippen LogP contribution in [0, 0.1) is 6.92 Å². The quantitative estimate of drug-likeness (QED) is 0.312. The summed E-state index contributed by atoms with van der Waals surface area (Å²) in [5.74, 6) is 0. The Morgan fingerprint density at radius 2 is 1.75 bits per heavy atom. The van der Waals surface area contributed by atoms with Gasteiger partial charge in [0.05, 0.1) is 0 Å². The van der Waals surface area contributed by atoms with Crippen molar-refractivity contribution in [2.24, 2.45) is 5.73 Å². The van der Waals surface area contributed by atoms with Gasteiger partial charge in [-0.3, -0.25) is 0 Å². The largest absolute Gasteiger partial charge is 1.00 e. The van der Waals surface area contributed by atoms with Gasteiger partial charge in [0, 0.05) is 0 Å². The fraction of sp³-hybridized carbons (Fsp3) is 0.889. The predicted octanol–water partition coefficient (Wildman–Crippen LogP) is -1.43. The van der Waals surface area contributed by atoms with E-state index in [1.54, 1.807) is 6.92 Å². The summed E-state index contributed by atoms with van der Waals surface area (Å²) in [6, 6.07) is 0. The van der Waals surface area contributed by atoms with Crippen LogP contribution in [-0.4, -0.2) is 19.6 Å². The Kier molecular flexibility index (Phi) is 36.6. The van der Waals surface area contributed by atoms with Gasteiger partial charge in [-0.2, -0.15) is 6.92 Å². The minimum absolute atomic E-state index is 0. The van der Waals surface area contributed by atoms with Gasteiger partial charge >= 0.3 is 51.4 Å². The average Bonchev–Trinajstić information content (AvgIpc) is 2.08. The molecule has 70 valence electrons. The second-order valence-corrected chi connectivity index (χ2v) is 2.25. The summed E-state index contributed by atoms with van der Waals surface area (Å²) in [6.45, 7) is 10.3. The van der Waals surface area contributed by atoms with Crippen LogP contribution < -0.4 is 62.4 Å². The minimum Gasteiger partial charge on any atom is -0.346 e. The van der Waals surface area contributed by atoms with Crippen molar-refractivity contribution in [3.05, 3.63) is 6.92 Å². The summed E-state index contributed by atoms with van der Waals surface area (Å²) in [5, 5.41) is 3.31. The molecule has 12 heavy (non-hydrogen) atoms. The molecule has 0 aromatic carbocycles. The van der Waals surface area contributed by atoms with Gasteiger partial charge < -0.3 is 18.0 Å². The normalized spacial score (nSPS) is 8.00. The molecule has 0 heterocycles. The first-order valence-electron chi connectivity index (χ1n) is 4.53. The van der Waals surface area contributed by atoms with Gasteiger partial charge in [0.1, 0.15) is 0 Å². The first kappa shape index (κ1) is 19.2. The van der Waals surface area contributed by atoms with E-state index in [-0.39, 0.29) is 51.4 Å². The molecule has 3 N–H and O–H groups in total. The van der Waals surface area contributed by atoms with E-state index in [0.717, 1.165) is 26.1 Å². The van der Waals surface area contributed by atoms with E-state index in [9.17, 15) is 0 Å². The summed E-state index contributed by atoms with van der Waals surface area (Å²) in [7, 11) is 0. The molecule has 2 nitrogen and oxygen atoms in total. The smallest absolute Gasteiger partial charge is 0.346 e. The van der Waals surface area contributed by atoms with Crippen molar-refractivity contribution in [3.63, 3.8) is 0 Å². The number of hydrogen-bond donors (Lipinski definition) is 2. The third kappa shape index (κ3) is 22.6. The molecule has 0 radical (unpaired) electrons. The zero-order chi connectivity index (χ0) is 8.95. The van der Waals surface area contributed by atoms with Crippen molar-refractivity contribution in [2.45, 2.75) is 33.1 Å². The number of nitrogens with one attached hydrogen (secondary N) is 1. The van der Waals surface area contributed by atoms with Gasteiger partial charge in [-0.25, -0.2) is 0 Å². The van der Waals surface area contributed by atoms with Crippen LogP contribution in [0.4, 0.5) is 0 Å². The van der Waals surface area contributed by atoms with Crippen LogP contribution in [0.5, 0.6) is 0 Å². The van der Waals surface area contributed by atoms with Gasteiger partial charge in [-0.05, 0) is 38.9 Å². The van der Waals surface area contributed by atoms with E-state index in [0.29, 0.717) is 0 Å². The molecule has 0 saturated heterocycles.